The molecule has 2 aromatic heterocycles. The van der Waals surface area contributed by atoms with Crippen LogP contribution in [0.1, 0.15) is 24.1 Å². The van der Waals surface area contributed by atoms with E-state index in [1.807, 2.05) is 30.7 Å². The number of H-pyrrole nitrogens is 1. The molecule has 1 unspecified atom stereocenters. The number of carboxylic acid groups (broad SMARTS) is 1. The highest BCUT2D eigenvalue weighted by Gasteiger charge is 2.24. The fraction of sp³-hybridized carbons (Fsp3) is 0.231. The standard InChI is InChI=1S/C24H23FN4.C2H4O2/c25-22-4-1-17(2-5-22)24(29-11-9-26-10-12-29)21-14-20(15-27-16-21)18-3-6-23-19(13-18)7-8-28-23;1-2(3)4/h1-8,13-16,24,26,28H,9-12H2;1H3,(H,3,4). The fourth-order valence-corrected chi connectivity index (χ4v) is 4.20. The summed E-state index contributed by atoms with van der Waals surface area (Å²) in [5, 5.41) is 12.0. The maximum Gasteiger partial charge on any atom is 0.300 e. The monoisotopic (exact) mass is 446 g/mol. The summed E-state index contributed by atoms with van der Waals surface area (Å²) in [7, 11) is 0. The number of fused-ring (bicyclic) bond motifs is 1. The van der Waals surface area contributed by atoms with Gasteiger partial charge in [0.05, 0.1) is 6.04 Å². The van der Waals surface area contributed by atoms with Crippen molar-refractivity contribution in [3.8, 4) is 11.1 Å². The Kier molecular flexibility index (Phi) is 7.12. The number of halogens is 1. The van der Waals surface area contributed by atoms with Gasteiger partial charge in [0.1, 0.15) is 5.82 Å². The highest BCUT2D eigenvalue weighted by Crippen LogP contribution is 2.32. The second-order valence-electron chi connectivity index (χ2n) is 8.05. The number of hydrogen-bond donors (Lipinski definition) is 3. The zero-order chi connectivity index (χ0) is 23.2. The summed E-state index contributed by atoms with van der Waals surface area (Å²) in [5.41, 5.74) is 5.58. The zero-order valence-corrected chi connectivity index (χ0v) is 18.5. The molecule has 7 heteroatoms. The highest BCUT2D eigenvalue weighted by molar-refractivity contribution is 5.85. The molecule has 2 aromatic carbocycles. The van der Waals surface area contributed by atoms with Crippen LogP contribution in [0.4, 0.5) is 4.39 Å². The van der Waals surface area contributed by atoms with Crippen molar-refractivity contribution in [3.05, 3.63) is 90.1 Å². The summed E-state index contributed by atoms with van der Waals surface area (Å²) in [6, 6.07) is 17.6. The van der Waals surface area contributed by atoms with Crippen LogP contribution in [0.5, 0.6) is 0 Å². The average Bonchev–Trinajstić information content (AvgIpc) is 3.29. The Labute approximate surface area is 192 Å². The Hall–Kier alpha value is -3.55. The lowest BCUT2D eigenvalue weighted by Crippen LogP contribution is -2.45. The van der Waals surface area contributed by atoms with Crippen molar-refractivity contribution in [2.45, 2.75) is 13.0 Å². The molecular formula is C26H27FN4O2. The van der Waals surface area contributed by atoms with Crippen molar-refractivity contribution in [1.82, 2.24) is 20.2 Å². The number of nitrogens with zero attached hydrogens (tertiary/aromatic N) is 2. The van der Waals surface area contributed by atoms with Crippen LogP contribution in [0, 0.1) is 5.82 Å². The second-order valence-corrected chi connectivity index (χ2v) is 8.05. The van der Waals surface area contributed by atoms with E-state index in [1.54, 1.807) is 12.1 Å². The smallest absolute Gasteiger partial charge is 0.300 e. The van der Waals surface area contributed by atoms with E-state index >= 15 is 0 Å². The fourth-order valence-electron chi connectivity index (χ4n) is 4.20. The van der Waals surface area contributed by atoms with E-state index in [0.29, 0.717) is 0 Å². The molecule has 6 nitrogen and oxygen atoms in total. The van der Waals surface area contributed by atoms with Crippen molar-refractivity contribution < 1.29 is 14.3 Å². The van der Waals surface area contributed by atoms with E-state index in [9.17, 15) is 4.39 Å². The molecule has 33 heavy (non-hydrogen) atoms. The molecule has 0 saturated carbocycles. The number of nitrogens with one attached hydrogen (secondary N) is 2. The van der Waals surface area contributed by atoms with Crippen LogP contribution in [0.2, 0.25) is 0 Å². The van der Waals surface area contributed by atoms with Gasteiger partial charge in [0, 0.05) is 62.8 Å². The van der Waals surface area contributed by atoms with Crippen molar-refractivity contribution in [3.63, 3.8) is 0 Å². The minimum Gasteiger partial charge on any atom is -0.481 e. The lowest BCUT2D eigenvalue weighted by Gasteiger charge is -2.35. The maximum atomic E-state index is 13.5. The Morgan fingerprint density at radius 1 is 1.00 bits per heavy atom. The lowest BCUT2D eigenvalue weighted by atomic mass is 9.95. The number of pyridine rings is 1. The molecule has 0 aliphatic carbocycles. The number of rotatable bonds is 4. The number of piperazine rings is 1. The topological polar surface area (TPSA) is 81.2 Å². The summed E-state index contributed by atoms with van der Waals surface area (Å²) >= 11 is 0. The number of benzene rings is 2. The summed E-state index contributed by atoms with van der Waals surface area (Å²) < 4.78 is 13.5. The van der Waals surface area contributed by atoms with E-state index in [-0.39, 0.29) is 11.9 Å². The molecule has 0 radical (unpaired) electrons. The third-order valence-corrected chi connectivity index (χ3v) is 5.66. The summed E-state index contributed by atoms with van der Waals surface area (Å²) in [6.07, 6.45) is 5.81. The van der Waals surface area contributed by atoms with Crippen molar-refractivity contribution in [2.24, 2.45) is 0 Å². The molecule has 1 aliphatic rings. The van der Waals surface area contributed by atoms with Gasteiger partial charge in [0.15, 0.2) is 0 Å². The van der Waals surface area contributed by atoms with Gasteiger partial charge in [-0.05, 0) is 58.5 Å². The van der Waals surface area contributed by atoms with E-state index in [4.69, 9.17) is 9.90 Å². The number of aromatic amines is 1. The molecule has 0 bridgehead atoms. The number of hydrogen-bond acceptors (Lipinski definition) is 4. The molecule has 170 valence electrons. The number of carbonyl (C=O) groups is 1. The molecule has 3 N–H and O–H groups in total. The van der Waals surface area contributed by atoms with Crippen molar-refractivity contribution >= 4 is 16.9 Å². The van der Waals surface area contributed by atoms with Gasteiger partial charge < -0.3 is 15.4 Å². The Balaban J connectivity index is 0.000000601. The third kappa shape index (κ3) is 5.63. The van der Waals surface area contributed by atoms with Gasteiger partial charge in [-0.2, -0.15) is 0 Å². The van der Waals surface area contributed by atoms with Gasteiger partial charge in [0.25, 0.3) is 5.97 Å². The molecule has 3 heterocycles. The van der Waals surface area contributed by atoms with Gasteiger partial charge >= 0.3 is 0 Å². The minimum absolute atomic E-state index is 0.0566. The Morgan fingerprint density at radius 3 is 2.45 bits per heavy atom. The first-order chi connectivity index (χ1) is 16.0. The SMILES string of the molecule is CC(=O)O.Fc1ccc(C(c2cncc(-c3ccc4[nH]ccc4c3)c2)N2CCNCC2)cc1. The van der Waals surface area contributed by atoms with Gasteiger partial charge in [-0.1, -0.05) is 18.2 Å². The Morgan fingerprint density at radius 2 is 1.73 bits per heavy atom. The molecule has 5 rings (SSSR count). The molecule has 4 aromatic rings. The number of carboxylic acids is 1. The van der Waals surface area contributed by atoms with Crippen LogP contribution >= 0.6 is 0 Å². The van der Waals surface area contributed by atoms with E-state index in [0.717, 1.165) is 60.9 Å². The summed E-state index contributed by atoms with van der Waals surface area (Å²) in [4.78, 5) is 19.2. The van der Waals surface area contributed by atoms with Crippen LogP contribution in [0.25, 0.3) is 22.0 Å². The third-order valence-electron chi connectivity index (χ3n) is 5.66. The quantitative estimate of drug-likeness (QED) is 0.431. The first kappa shape index (κ1) is 22.6. The molecule has 1 fully saturated rings. The predicted octanol–water partition coefficient (Wildman–Crippen LogP) is 4.45. The first-order valence-corrected chi connectivity index (χ1v) is 10.9. The van der Waals surface area contributed by atoms with Crippen molar-refractivity contribution in [2.75, 3.05) is 26.2 Å². The van der Waals surface area contributed by atoms with Crippen LogP contribution in [-0.4, -0.2) is 52.1 Å². The molecule has 1 atom stereocenters. The van der Waals surface area contributed by atoms with E-state index < -0.39 is 5.97 Å². The Bertz CT molecular complexity index is 1210. The molecule has 1 saturated heterocycles. The maximum absolute atomic E-state index is 13.5. The largest absolute Gasteiger partial charge is 0.481 e. The van der Waals surface area contributed by atoms with E-state index in [2.05, 4.69) is 50.5 Å². The number of aliphatic carboxylic acids is 1. The average molecular weight is 447 g/mol. The van der Waals surface area contributed by atoms with Crippen LogP contribution < -0.4 is 5.32 Å². The highest BCUT2D eigenvalue weighted by atomic mass is 19.1. The molecule has 1 aliphatic heterocycles. The van der Waals surface area contributed by atoms with Crippen molar-refractivity contribution in [1.29, 1.82) is 0 Å². The predicted molar refractivity (Wildman–Crippen MR) is 128 cm³/mol. The summed E-state index contributed by atoms with van der Waals surface area (Å²) in [6.45, 7) is 4.88. The minimum atomic E-state index is -0.833. The van der Waals surface area contributed by atoms with Gasteiger partial charge in [-0.15, -0.1) is 0 Å². The van der Waals surface area contributed by atoms with Crippen LogP contribution in [0.3, 0.4) is 0 Å². The van der Waals surface area contributed by atoms with Crippen LogP contribution in [-0.2, 0) is 4.79 Å². The van der Waals surface area contributed by atoms with Gasteiger partial charge in [0.2, 0.25) is 0 Å². The molecular weight excluding hydrogens is 419 g/mol. The van der Waals surface area contributed by atoms with E-state index in [1.165, 1.54) is 5.39 Å². The second kappa shape index (κ2) is 10.4. The first-order valence-electron chi connectivity index (χ1n) is 10.9. The lowest BCUT2D eigenvalue weighted by molar-refractivity contribution is -0.134. The van der Waals surface area contributed by atoms with Gasteiger partial charge in [-0.3, -0.25) is 14.7 Å². The normalized spacial score (nSPS) is 15.0. The van der Waals surface area contributed by atoms with Crippen LogP contribution in [0.15, 0.2) is 73.2 Å². The summed E-state index contributed by atoms with van der Waals surface area (Å²) in [5.74, 6) is -1.04. The number of aromatic nitrogens is 2. The van der Waals surface area contributed by atoms with Gasteiger partial charge in [-0.25, -0.2) is 4.39 Å². The molecule has 0 amide bonds. The zero-order valence-electron chi connectivity index (χ0n) is 18.5. The molecule has 0 spiro atoms.